The number of anilines is 1. The van der Waals surface area contributed by atoms with Crippen LogP contribution in [-0.2, 0) is 17.6 Å². The van der Waals surface area contributed by atoms with Gasteiger partial charge >= 0.3 is 0 Å². The van der Waals surface area contributed by atoms with E-state index < -0.39 is 0 Å². The number of nitrogens with one attached hydrogen (secondary N) is 1. The average Bonchev–Trinajstić information content (AvgIpc) is 3.31. The van der Waals surface area contributed by atoms with Gasteiger partial charge in [-0.25, -0.2) is 4.98 Å². The maximum Gasteiger partial charge on any atom is 0.278 e. The van der Waals surface area contributed by atoms with Crippen molar-refractivity contribution in [2.24, 2.45) is 5.92 Å². The molecule has 3 aliphatic rings. The molecule has 0 aromatic carbocycles. The number of likely N-dealkylation sites (tertiary alicyclic amines) is 1. The molecular formula is C25H38N6O2S. The lowest BCUT2D eigenvalue weighted by atomic mass is 9.96. The molecule has 5 rings (SSSR count). The van der Waals surface area contributed by atoms with Crippen LogP contribution in [0.15, 0.2) is 4.79 Å². The van der Waals surface area contributed by atoms with Crippen molar-refractivity contribution in [2.75, 3.05) is 37.6 Å². The Hall–Kier alpha value is -2.00. The van der Waals surface area contributed by atoms with E-state index in [-0.39, 0.29) is 17.4 Å². The van der Waals surface area contributed by atoms with Crippen molar-refractivity contribution in [1.82, 2.24) is 24.8 Å². The normalized spacial score (nSPS) is 22.1. The minimum Gasteiger partial charge on any atom is -0.356 e. The van der Waals surface area contributed by atoms with E-state index in [0.717, 1.165) is 93.6 Å². The van der Waals surface area contributed by atoms with Crippen LogP contribution in [-0.4, -0.2) is 64.2 Å². The Labute approximate surface area is 205 Å². The van der Waals surface area contributed by atoms with E-state index in [9.17, 15) is 9.59 Å². The van der Waals surface area contributed by atoms with E-state index in [4.69, 9.17) is 4.98 Å². The van der Waals surface area contributed by atoms with Gasteiger partial charge in [-0.05, 0) is 70.8 Å². The molecule has 9 heteroatoms. The number of nitrogens with zero attached hydrogens (tertiary/aromatic N) is 5. The summed E-state index contributed by atoms with van der Waals surface area (Å²) in [6.07, 6.45) is 11.8. The van der Waals surface area contributed by atoms with Crippen LogP contribution in [0.3, 0.4) is 0 Å². The fourth-order valence-corrected chi connectivity index (χ4v) is 6.84. The molecule has 2 aliphatic heterocycles. The van der Waals surface area contributed by atoms with E-state index in [1.54, 1.807) is 0 Å². The summed E-state index contributed by atoms with van der Waals surface area (Å²) in [4.78, 5) is 35.9. The Morgan fingerprint density at radius 2 is 1.91 bits per heavy atom. The van der Waals surface area contributed by atoms with Gasteiger partial charge in [0.1, 0.15) is 0 Å². The smallest absolute Gasteiger partial charge is 0.278 e. The summed E-state index contributed by atoms with van der Waals surface area (Å²) >= 11 is 1.49. The number of carbonyl (C=O) groups excluding carboxylic acids is 1. The number of amides is 1. The third kappa shape index (κ3) is 5.00. The molecule has 8 nitrogen and oxygen atoms in total. The van der Waals surface area contributed by atoms with Crippen molar-refractivity contribution in [3.63, 3.8) is 0 Å². The SMILES string of the molecule is CCC1CCCCN1CCCNC(=O)C1CCN(c2nn3c(=O)c4c(nc3s2)CCCC4)CC1. The van der Waals surface area contributed by atoms with E-state index in [1.165, 1.54) is 48.1 Å². The number of carbonyl (C=O) groups is 1. The minimum absolute atomic E-state index is 0.00581. The highest BCUT2D eigenvalue weighted by atomic mass is 32.1. The topological polar surface area (TPSA) is 82.8 Å². The van der Waals surface area contributed by atoms with Gasteiger partial charge in [-0.2, -0.15) is 4.52 Å². The molecule has 0 saturated carbocycles. The molecule has 1 atom stereocenters. The van der Waals surface area contributed by atoms with Crippen LogP contribution < -0.4 is 15.8 Å². The Morgan fingerprint density at radius 3 is 2.74 bits per heavy atom. The average molecular weight is 487 g/mol. The summed E-state index contributed by atoms with van der Waals surface area (Å²) in [6, 6.07) is 0.729. The number of hydrogen-bond donors (Lipinski definition) is 1. The number of aromatic nitrogens is 3. The standard InChI is InChI=1S/C25H38N6O2S/c1-2-19-8-5-6-14-29(19)15-7-13-26-22(32)18-11-16-30(17-12-18)25-28-31-23(33)20-9-3-4-10-21(20)27-24(31)34-25/h18-19H,2-17H2,1H3,(H,26,32). The third-order valence-electron chi connectivity index (χ3n) is 7.95. The van der Waals surface area contributed by atoms with Crippen molar-refractivity contribution >= 4 is 27.3 Å². The van der Waals surface area contributed by atoms with Gasteiger partial charge in [0, 0.05) is 43.7 Å². The monoisotopic (exact) mass is 486 g/mol. The van der Waals surface area contributed by atoms with Crippen LogP contribution in [0.1, 0.15) is 76.0 Å². The first kappa shape index (κ1) is 23.7. The predicted molar refractivity (Wildman–Crippen MR) is 136 cm³/mol. The van der Waals surface area contributed by atoms with Crippen LogP contribution in [0.25, 0.3) is 4.96 Å². The second-order valence-corrected chi connectivity index (χ2v) is 11.1. The maximum atomic E-state index is 12.9. The zero-order chi connectivity index (χ0) is 23.5. The molecule has 186 valence electrons. The fraction of sp³-hybridized carbons (Fsp3) is 0.760. The highest BCUT2D eigenvalue weighted by Crippen LogP contribution is 2.28. The first-order valence-electron chi connectivity index (χ1n) is 13.3. The Morgan fingerprint density at radius 1 is 1.09 bits per heavy atom. The lowest BCUT2D eigenvalue weighted by Crippen LogP contribution is -2.42. The van der Waals surface area contributed by atoms with Gasteiger partial charge in [-0.1, -0.05) is 24.7 Å². The van der Waals surface area contributed by atoms with Crippen molar-refractivity contribution in [3.05, 3.63) is 21.6 Å². The van der Waals surface area contributed by atoms with Crippen LogP contribution >= 0.6 is 11.3 Å². The lowest BCUT2D eigenvalue weighted by Gasteiger charge is -2.35. The molecule has 34 heavy (non-hydrogen) atoms. The summed E-state index contributed by atoms with van der Waals surface area (Å²) in [6.45, 7) is 6.93. The predicted octanol–water partition coefficient (Wildman–Crippen LogP) is 3.02. The first-order valence-corrected chi connectivity index (χ1v) is 14.1. The molecule has 0 radical (unpaired) electrons. The minimum atomic E-state index is 0.00581. The number of piperidine rings is 2. The van der Waals surface area contributed by atoms with E-state index >= 15 is 0 Å². The van der Waals surface area contributed by atoms with Crippen molar-refractivity contribution in [1.29, 1.82) is 0 Å². The number of fused-ring (bicyclic) bond motifs is 2. The van der Waals surface area contributed by atoms with Crippen molar-refractivity contribution in [3.8, 4) is 0 Å². The highest BCUT2D eigenvalue weighted by Gasteiger charge is 2.28. The molecule has 1 unspecified atom stereocenters. The molecule has 2 fully saturated rings. The molecular weight excluding hydrogens is 448 g/mol. The summed E-state index contributed by atoms with van der Waals surface area (Å²) in [7, 11) is 0. The Balaban J connectivity index is 1.11. The zero-order valence-electron chi connectivity index (χ0n) is 20.4. The van der Waals surface area contributed by atoms with Crippen LogP contribution in [0, 0.1) is 5.92 Å². The van der Waals surface area contributed by atoms with Crippen molar-refractivity contribution in [2.45, 2.75) is 83.6 Å². The number of aryl methyl sites for hydroxylation is 1. The van der Waals surface area contributed by atoms with E-state index in [1.807, 2.05) is 0 Å². The molecule has 2 aromatic heterocycles. The molecule has 2 saturated heterocycles. The lowest BCUT2D eigenvalue weighted by molar-refractivity contribution is -0.125. The summed E-state index contributed by atoms with van der Waals surface area (Å²) in [5.74, 6) is 0.261. The van der Waals surface area contributed by atoms with Crippen LogP contribution in [0.2, 0.25) is 0 Å². The molecule has 4 heterocycles. The Bertz CT molecular complexity index is 1060. The quantitative estimate of drug-likeness (QED) is 0.606. The van der Waals surface area contributed by atoms with Gasteiger partial charge < -0.3 is 15.1 Å². The summed E-state index contributed by atoms with van der Waals surface area (Å²) < 4.78 is 1.49. The summed E-state index contributed by atoms with van der Waals surface area (Å²) in [5, 5.41) is 8.65. The third-order valence-corrected chi connectivity index (χ3v) is 8.92. The van der Waals surface area contributed by atoms with Crippen LogP contribution in [0.5, 0.6) is 0 Å². The first-order chi connectivity index (χ1) is 16.6. The molecule has 1 aliphatic carbocycles. The molecule has 0 spiro atoms. The summed E-state index contributed by atoms with van der Waals surface area (Å²) in [5.41, 5.74) is 1.82. The van der Waals surface area contributed by atoms with Gasteiger partial charge in [-0.15, -0.1) is 5.10 Å². The maximum absolute atomic E-state index is 12.9. The van der Waals surface area contributed by atoms with E-state index in [0.29, 0.717) is 4.96 Å². The highest BCUT2D eigenvalue weighted by molar-refractivity contribution is 7.20. The second-order valence-electron chi connectivity index (χ2n) is 10.1. The van der Waals surface area contributed by atoms with Gasteiger partial charge in [0.15, 0.2) is 0 Å². The molecule has 1 N–H and O–H groups in total. The fourth-order valence-electron chi connectivity index (χ4n) is 5.88. The van der Waals surface area contributed by atoms with Gasteiger partial charge in [0.25, 0.3) is 5.56 Å². The second kappa shape index (κ2) is 10.7. The largest absolute Gasteiger partial charge is 0.356 e. The zero-order valence-corrected chi connectivity index (χ0v) is 21.2. The number of rotatable bonds is 7. The van der Waals surface area contributed by atoms with Gasteiger partial charge in [-0.3, -0.25) is 9.59 Å². The van der Waals surface area contributed by atoms with Crippen LogP contribution in [0.4, 0.5) is 5.13 Å². The Kier molecular flexibility index (Phi) is 7.49. The van der Waals surface area contributed by atoms with Gasteiger partial charge in [0.2, 0.25) is 16.0 Å². The van der Waals surface area contributed by atoms with Crippen molar-refractivity contribution < 1.29 is 4.79 Å². The van der Waals surface area contributed by atoms with E-state index in [2.05, 4.69) is 27.1 Å². The molecule has 1 amide bonds. The molecule has 0 bridgehead atoms. The number of hydrogen-bond acceptors (Lipinski definition) is 7. The molecule has 2 aromatic rings. The van der Waals surface area contributed by atoms with Gasteiger partial charge in [0.05, 0.1) is 5.69 Å².